The molecule has 0 spiro atoms. The summed E-state index contributed by atoms with van der Waals surface area (Å²) in [5, 5.41) is 11.9. The first-order valence-corrected chi connectivity index (χ1v) is 8.06. The van der Waals surface area contributed by atoms with Gasteiger partial charge in [-0.2, -0.15) is 28.5 Å². The van der Waals surface area contributed by atoms with E-state index in [1.807, 2.05) is 0 Å². The number of carbonyl (C=O) groups is 1. The Kier molecular flexibility index (Phi) is 4.31. The van der Waals surface area contributed by atoms with Crippen molar-refractivity contribution in [2.24, 2.45) is 10.2 Å². The van der Waals surface area contributed by atoms with Gasteiger partial charge in [-0.05, 0) is 13.3 Å². The van der Waals surface area contributed by atoms with E-state index in [0.29, 0.717) is 25.0 Å². The van der Waals surface area contributed by atoms with Crippen molar-refractivity contribution in [3.8, 4) is 12.3 Å². The van der Waals surface area contributed by atoms with E-state index >= 15 is 0 Å². The topological polar surface area (TPSA) is 62.9 Å². The second kappa shape index (κ2) is 6.17. The third kappa shape index (κ3) is 3.52. The summed E-state index contributed by atoms with van der Waals surface area (Å²) in [5.74, 6) is 2.46. The summed E-state index contributed by atoms with van der Waals surface area (Å²) in [4.78, 5) is 13.9. The van der Waals surface area contributed by atoms with Crippen LogP contribution in [0, 0.1) is 19.3 Å². The highest BCUT2D eigenvalue weighted by Gasteiger charge is 2.46. The van der Waals surface area contributed by atoms with Crippen molar-refractivity contribution in [1.82, 2.24) is 9.78 Å². The van der Waals surface area contributed by atoms with Crippen molar-refractivity contribution in [1.29, 1.82) is 0 Å². The number of amides is 1. The maximum Gasteiger partial charge on any atom is 0.410 e. The lowest BCUT2D eigenvalue weighted by molar-refractivity contribution is -0.173. The van der Waals surface area contributed by atoms with Gasteiger partial charge in [0.1, 0.15) is 5.82 Å². The second-order valence-electron chi connectivity index (χ2n) is 6.37. The second-order valence-corrected chi connectivity index (χ2v) is 6.37. The van der Waals surface area contributed by atoms with E-state index in [-0.39, 0.29) is 31.1 Å². The van der Waals surface area contributed by atoms with Gasteiger partial charge < -0.3 is 0 Å². The molecule has 1 atom stereocenters. The summed E-state index contributed by atoms with van der Waals surface area (Å²) in [6.45, 7) is 1.62. The Morgan fingerprint density at radius 2 is 2.16 bits per heavy atom. The minimum atomic E-state index is -4.40. The molecule has 2 aliphatic rings. The Morgan fingerprint density at radius 1 is 1.44 bits per heavy atom. The zero-order valence-electron chi connectivity index (χ0n) is 13.8. The lowest BCUT2D eigenvalue weighted by Crippen LogP contribution is -2.43. The minimum absolute atomic E-state index is 0.0137. The molecule has 1 unspecified atom stereocenters. The average Bonchev–Trinajstić information content (AvgIpc) is 3.21. The van der Waals surface area contributed by atoms with Gasteiger partial charge in [0, 0.05) is 38.3 Å². The van der Waals surface area contributed by atoms with Crippen molar-refractivity contribution in [2.45, 2.75) is 56.9 Å². The summed E-state index contributed by atoms with van der Waals surface area (Å²) >= 11 is 0. The number of aromatic nitrogens is 2. The highest BCUT2D eigenvalue weighted by Crippen LogP contribution is 2.41. The molecule has 6 nitrogen and oxygen atoms in total. The Balaban J connectivity index is 1.70. The van der Waals surface area contributed by atoms with Crippen LogP contribution < -0.4 is 4.90 Å². The van der Waals surface area contributed by atoms with Crippen LogP contribution in [0.5, 0.6) is 0 Å². The smallest absolute Gasteiger partial charge is 0.297 e. The molecule has 25 heavy (non-hydrogen) atoms. The molecule has 3 rings (SSSR count). The van der Waals surface area contributed by atoms with Crippen LogP contribution >= 0.6 is 0 Å². The van der Waals surface area contributed by atoms with Crippen LogP contribution in [0.1, 0.15) is 43.8 Å². The third-order valence-corrected chi connectivity index (χ3v) is 4.51. The Hall–Kier alpha value is -2.37. The molecule has 0 radical (unpaired) electrons. The van der Waals surface area contributed by atoms with Gasteiger partial charge in [0.15, 0.2) is 11.7 Å². The quantitative estimate of drug-likeness (QED) is 0.762. The monoisotopic (exact) mass is 353 g/mol. The highest BCUT2D eigenvalue weighted by atomic mass is 19.4. The van der Waals surface area contributed by atoms with Crippen molar-refractivity contribution in [2.75, 3.05) is 11.4 Å². The molecule has 3 heterocycles. The van der Waals surface area contributed by atoms with Crippen LogP contribution in [-0.2, 0) is 4.79 Å². The first-order valence-electron chi connectivity index (χ1n) is 8.06. The molecule has 0 aromatic carbocycles. The molecule has 1 aromatic rings. The number of fused-ring (bicyclic) bond motifs is 1. The molecule has 0 fully saturated rings. The Labute approximate surface area is 143 Å². The fraction of sp³-hybridized carbons (Fsp3) is 0.625. The van der Waals surface area contributed by atoms with Crippen LogP contribution in [-0.4, -0.2) is 34.1 Å². The molecule has 0 saturated carbocycles. The molecule has 0 aliphatic carbocycles. The molecule has 1 aromatic heterocycles. The van der Waals surface area contributed by atoms with Crippen LogP contribution in [0.4, 0.5) is 19.0 Å². The van der Waals surface area contributed by atoms with Crippen LogP contribution in [0.15, 0.2) is 16.3 Å². The van der Waals surface area contributed by atoms with Crippen LogP contribution in [0.25, 0.3) is 0 Å². The molecule has 0 saturated heterocycles. The summed E-state index contributed by atoms with van der Waals surface area (Å²) in [6, 6.07) is -0.189. The first kappa shape index (κ1) is 17.5. The van der Waals surface area contributed by atoms with Crippen molar-refractivity contribution in [3.63, 3.8) is 0 Å². The van der Waals surface area contributed by atoms with Gasteiger partial charge in [-0.1, -0.05) is 0 Å². The SMILES string of the molecule is C#CCCC1(CCC(=O)N2CCC(C(F)(F)F)n3nc(C)cc32)N=N1. The maximum absolute atomic E-state index is 13.2. The van der Waals surface area contributed by atoms with E-state index in [9.17, 15) is 18.0 Å². The third-order valence-electron chi connectivity index (χ3n) is 4.51. The number of hydrogen-bond donors (Lipinski definition) is 0. The van der Waals surface area contributed by atoms with E-state index in [1.54, 1.807) is 6.92 Å². The van der Waals surface area contributed by atoms with E-state index in [0.717, 1.165) is 4.68 Å². The molecular weight excluding hydrogens is 335 g/mol. The number of rotatable bonds is 5. The van der Waals surface area contributed by atoms with Crippen LogP contribution in [0.3, 0.4) is 0 Å². The lowest BCUT2D eigenvalue weighted by Gasteiger charge is -2.34. The number of aryl methyl sites for hydroxylation is 1. The van der Waals surface area contributed by atoms with Gasteiger partial charge in [-0.25, -0.2) is 4.68 Å². The zero-order chi connectivity index (χ0) is 18.2. The summed E-state index contributed by atoms with van der Waals surface area (Å²) in [6.07, 6.45) is 2.30. The summed E-state index contributed by atoms with van der Waals surface area (Å²) in [5.41, 5.74) is -0.135. The van der Waals surface area contributed by atoms with Crippen LogP contribution in [0.2, 0.25) is 0 Å². The molecule has 1 amide bonds. The number of anilines is 1. The van der Waals surface area contributed by atoms with Gasteiger partial charge in [0.05, 0.1) is 5.69 Å². The van der Waals surface area contributed by atoms with Gasteiger partial charge in [-0.3, -0.25) is 9.69 Å². The number of nitrogens with zero attached hydrogens (tertiary/aromatic N) is 5. The number of hydrogen-bond acceptors (Lipinski definition) is 4. The van der Waals surface area contributed by atoms with E-state index < -0.39 is 17.9 Å². The fourth-order valence-electron chi connectivity index (χ4n) is 3.09. The predicted octanol–water partition coefficient (Wildman–Crippen LogP) is 3.39. The van der Waals surface area contributed by atoms with E-state index in [2.05, 4.69) is 21.2 Å². The molecule has 0 bridgehead atoms. The van der Waals surface area contributed by atoms with Crippen molar-refractivity contribution in [3.05, 3.63) is 11.8 Å². The van der Waals surface area contributed by atoms with Crippen molar-refractivity contribution < 1.29 is 18.0 Å². The molecule has 0 N–H and O–H groups in total. The first-order chi connectivity index (χ1) is 11.8. The number of carbonyl (C=O) groups excluding carboxylic acids is 1. The summed E-state index contributed by atoms with van der Waals surface area (Å²) < 4.78 is 40.5. The number of terminal acetylenes is 1. The number of alkyl halides is 3. The zero-order valence-corrected chi connectivity index (χ0v) is 13.8. The van der Waals surface area contributed by atoms with Gasteiger partial charge >= 0.3 is 6.18 Å². The highest BCUT2D eigenvalue weighted by molar-refractivity contribution is 5.93. The molecule has 2 aliphatic heterocycles. The van der Waals surface area contributed by atoms with Crippen molar-refractivity contribution >= 4 is 11.7 Å². The molecular formula is C16H18F3N5O. The van der Waals surface area contributed by atoms with E-state index in [1.165, 1.54) is 11.0 Å². The predicted molar refractivity (Wildman–Crippen MR) is 83.9 cm³/mol. The summed E-state index contributed by atoms with van der Waals surface area (Å²) in [7, 11) is 0. The standard InChI is InChI=1S/C16H18F3N5O/c1-3-4-7-15(21-22-15)8-5-14(25)23-9-6-12(16(17,18)19)24-13(23)10-11(2)20-24/h1,10,12H,4-9H2,2H3. The lowest BCUT2D eigenvalue weighted by atomic mass is 10.0. The maximum atomic E-state index is 13.2. The Bertz CT molecular complexity index is 740. The number of halogens is 3. The van der Waals surface area contributed by atoms with E-state index in [4.69, 9.17) is 6.42 Å². The molecule has 9 heteroatoms. The average molecular weight is 353 g/mol. The largest absolute Gasteiger partial charge is 0.410 e. The Morgan fingerprint density at radius 3 is 2.76 bits per heavy atom. The fourth-order valence-corrected chi connectivity index (χ4v) is 3.09. The van der Waals surface area contributed by atoms with Gasteiger partial charge in [-0.15, -0.1) is 12.3 Å². The normalized spacial score (nSPS) is 20.9. The van der Waals surface area contributed by atoms with Gasteiger partial charge in [0.25, 0.3) is 0 Å². The molecule has 134 valence electrons. The minimum Gasteiger partial charge on any atom is -0.297 e. The van der Waals surface area contributed by atoms with Gasteiger partial charge in [0.2, 0.25) is 5.91 Å².